The molecule has 3 aromatic carbocycles. The molecule has 1 atom stereocenters. The maximum atomic E-state index is 13.3. The largest absolute Gasteiger partial charge is 0.415 e. The number of ether oxygens (including phenoxy) is 1. The van der Waals surface area contributed by atoms with Gasteiger partial charge >= 0.3 is 6.09 Å². The molecule has 1 heterocycles. The quantitative estimate of drug-likeness (QED) is 0.403. The number of rotatable bonds is 8. The Morgan fingerprint density at radius 1 is 0.897 bits per heavy atom. The van der Waals surface area contributed by atoms with E-state index in [1.165, 1.54) is 11.9 Å². The molecule has 0 N–H and O–H groups in total. The Hall–Kier alpha value is -3.75. The first-order valence-corrected chi connectivity index (χ1v) is 15.1. The molecule has 7 nitrogen and oxygen atoms in total. The number of hydrogen-bond donors (Lipinski definition) is 0. The number of hydrogen-bond acceptors (Lipinski definition) is 5. The van der Waals surface area contributed by atoms with Crippen molar-refractivity contribution < 1.29 is 23.5 Å². The zero-order valence-corrected chi connectivity index (χ0v) is 24.0. The summed E-state index contributed by atoms with van der Waals surface area (Å²) in [4.78, 5) is 41.2. The van der Waals surface area contributed by atoms with Gasteiger partial charge in [0.2, 0.25) is 5.91 Å². The minimum absolute atomic E-state index is 0.00911. The van der Waals surface area contributed by atoms with Crippen molar-refractivity contribution in [1.29, 1.82) is 0 Å². The van der Waals surface area contributed by atoms with Crippen molar-refractivity contribution in [2.45, 2.75) is 38.3 Å². The summed E-state index contributed by atoms with van der Waals surface area (Å²) in [6.45, 7) is 6.60. The van der Waals surface area contributed by atoms with Gasteiger partial charge < -0.3 is 19.0 Å². The van der Waals surface area contributed by atoms with Crippen molar-refractivity contribution in [3.05, 3.63) is 91.0 Å². The number of likely N-dealkylation sites (tertiary alicyclic amines) is 1. The molecule has 2 amide bonds. The molecular formula is C31H36N2O5Si. The first-order chi connectivity index (χ1) is 18.6. The van der Waals surface area contributed by atoms with E-state index in [1.54, 1.807) is 29.2 Å². The van der Waals surface area contributed by atoms with Crippen molar-refractivity contribution in [1.82, 2.24) is 9.80 Å². The predicted molar refractivity (Wildman–Crippen MR) is 154 cm³/mol. The molecule has 0 aliphatic carbocycles. The Morgan fingerprint density at radius 3 is 1.92 bits per heavy atom. The van der Waals surface area contributed by atoms with Crippen molar-refractivity contribution in [2.24, 2.45) is 0 Å². The molecule has 1 aliphatic heterocycles. The van der Waals surface area contributed by atoms with Crippen LogP contribution < -0.4 is 15.1 Å². The molecule has 1 saturated heterocycles. The lowest BCUT2D eigenvalue weighted by atomic mass is 10.2. The first kappa shape index (κ1) is 28.3. The molecule has 8 heteroatoms. The lowest BCUT2D eigenvalue weighted by Crippen LogP contribution is -2.67. The van der Waals surface area contributed by atoms with Gasteiger partial charge in [-0.25, -0.2) is 4.79 Å². The van der Waals surface area contributed by atoms with Crippen molar-refractivity contribution >= 4 is 36.5 Å². The highest BCUT2D eigenvalue weighted by Crippen LogP contribution is 2.37. The maximum absolute atomic E-state index is 13.3. The minimum Gasteiger partial charge on any atom is -0.410 e. The summed E-state index contributed by atoms with van der Waals surface area (Å²) in [7, 11) is -1.32. The number of benzene rings is 3. The average molecular weight is 545 g/mol. The number of Topliss-reactive ketones (excluding diaryl/α,β-unsaturated/α-hetero) is 1. The fourth-order valence-electron chi connectivity index (χ4n) is 5.21. The molecule has 0 spiro atoms. The molecule has 4 rings (SSSR count). The SMILES string of the molecule is CN(CC(=O)N1CC(=O)C[C@@H]1CO[Si](c1ccccc1)(c1ccccc1)C(C)(C)C)C(=O)Oc1ccccc1. The lowest BCUT2D eigenvalue weighted by molar-refractivity contribution is -0.134. The van der Waals surface area contributed by atoms with Crippen molar-refractivity contribution in [2.75, 3.05) is 26.7 Å². The van der Waals surface area contributed by atoms with Crippen LogP contribution in [0.5, 0.6) is 5.75 Å². The van der Waals surface area contributed by atoms with Crippen LogP contribution in [0.3, 0.4) is 0 Å². The number of likely N-dealkylation sites (N-methyl/N-ethyl adjacent to an activating group) is 1. The van der Waals surface area contributed by atoms with Gasteiger partial charge in [-0.3, -0.25) is 9.59 Å². The van der Waals surface area contributed by atoms with E-state index in [4.69, 9.17) is 9.16 Å². The van der Waals surface area contributed by atoms with E-state index >= 15 is 0 Å². The van der Waals surface area contributed by atoms with Gasteiger partial charge in [-0.05, 0) is 27.5 Å². The molecule has 0 bridgehead atoms. The third-order valence-corrected chi connectivity index (χ3v) is 12.1. The molecular weight excluding hydrogens is 508 g/mol. The second kappa shape index (κ2) is 12.0. The number of carbonyl (C=O) groups is 3. The summed E-state index contributed by atoms with van der Waals surface area (Å²) >= 11 is 0. The van der Waals surface area contributed by atoms with Gasteiger partial charge in [0.05, 0.1) is 19.2 Å². The van der Waals surface area contributed by atoms with Crippen LogP contribution >= 0.6 is 0 Å². The summed E-state index contributed by atoms with van der Waals surface area (Å²) in [6.07, 6.45) is -0.414. The highest BCUT2D eigenvalue weighted by atomic mass is 28.4. The van der Waals surface area contributed by atoms with E-state index in [2.05, 4.69) is 45.0 Å². The molecule has 0 aromatic heterocycles. The standard InChI is InChI=1S/C31H36N2O5Si/c1-31(2,3)39(27-16-10-6-11-17-27,28-18-12-7-13-19-28)37-23-24-20-25(34)21-33(24)29(35)22-32(4)30(36)38-26-14-8-5-9-15-26/h5-19,24H,20-23H2,1-4H3/t24-/m1/s1. The molecule has 0 radical (unpaired) electrons. The normalized spacial score (nSPS) is 15.7. The van der Waals surface area contributed by atoms with Gasteiger partial charge in [0.15, 0.2) is 5.78 Å². The van der Waals surface area contributed by atoms with Crippen molar-refractivity contribution in [3.63, 3.8) is 0 Å². The van der Waals surface area contributed by atoms with Crippen molar-refractivity contribution in [3.8, 4) is 5.75 Å². The van der Waals surface area contributed by atoms with Gasteiger partial charge in [0, 0.05) is 13.5 Å². The second-order valence-corrected chi connectivity index (χ2v) is 15.2. The lowest BCUT2D eigenvalue weighted by Gasteiger charge is -2.44. The fraction of sp³-hybridized carbons (Fsp3) is 0.323. The Balaban J connectivity index is 1.53. The summed E-state index contributed by atoms with van der Waals surface area (Å²) < 4.78 is 12.3. The van der Waals surface area contributed by atoms with E-state index in [0.717, 1.165) is 10.4 Å². The molecule has 204 valence electrons. The molecule has 0 unspecified atom stereocenters. The Bertz CT molecular complexity index is 1240. The van der Waals surface area contributed by atoms with Crippen LogP contribution in [-0.4, -0.2) is 68.7 Å². The summed E-state index contributed by atoms with van der Waals surface area (Å²) in [5.41, 5.74) is 0. The van der Waals surface area contributed by atoms with Gasteiger partial charge in [-0.1, -0.05) is 99.6 Å². The Morgan fingerprint density at radius 2 is 1.41 bits per heavy atom. The zero-order valence-electron chi connectivity index (χ0n) is 23.0. The second-order valence-electron chi connectivity index (χ2n) is 10.9. The number of nitrogens with zero attached hydrogens (tertiary/aromatic N) is 2. The van der Waals surface area contributed by atoms with Gasteiger partial charge in [-0.15, -0.1) is 0 Å². The van der Waals surface area contributed by atoms with Crippen LogP contribution in [0.2, 0.25) is 5.04 Å². The smallest absolute Gasteiger partial charge is 0.410 e. The average Bonchev–Trinajstić information content (AvgIpc) is 3.30. The van der Waals surface area contributed by atoms with Crippen LogP contribution in [0.25, 0.3) is 0 Å². The molecule has 3 aromatic rings. The van der Waals surface area contributed by atoms with E-state index < -0.39 is 20.5 Å². The van der Waals surface area contributed by atoms with E-state index in [-0.39, 0.29) is 42.8 Å². The van der Waals surface area contributed by atoms with Crippen LogP contribution in [0.4, 0.5) is 4.79 Å². The summed E-state index contributed by atoms with van der Waals surface area (Å²) in [6, 6.07) is 28.8. The van der Waals surface area contributed by atoms with Crippen LogP contribution in [0, 0.1) is 0 Å². The predicted octanol–water partition coefficient (Wildman–Crippen LogP) is 3.86. The third-order valence-electron chi connectivity index (χ3n) is 7.11. The number of amides is 2. The Kier molecular flexibility index (Phi) is 8.67. The van der Waals surface area contributed by atoms with Crippen LogP contribution in [0.1, 0.15) is 27.2 Å². The van der Waals surface area contributed by atoms with E-state index in [1.807, 2.05) is 42.5 Å². The Labute approximate surface area is 231 Å². The van der Waals surface area contributed by atoms with E-state index in [0.29, 0.717) is 5.75 Å². The molecule has 1 fully saturated rings. The zero-order chi connectivity index (χ0) is 28.0. The topological polar surface area (TPSA) is 76.2 Å². The van der Waals surface area contributed by atoms with Gasteiger partial charge in [0.1, 0.15) is 12.3 Å². The summed E-state index contributed by atoms with van der Waals surface area (Å²) in [5, 5.41) is 2.04. The fourth-order valence-corrected chi connectivity index (χ4v) is 9.80. The van der Waals surface area contributed by atoms with E-state index in [9.17, 15) is 14.4 Å². The highest BCUT2D eigenvalue weighted by Gasteiger charge is 2.51. The molecule has 0 saturated carbocycles. The molecule has 39 heavy (non-hydrogen) atoms. The summed E-state index contributed by atoms with van der Waals surface area (Å²) in [5.74, 6) is 0.0630. The van der Waals surface area contributed by atoms with Gasteiger partial charge in [-0.2, -0.15) is 0 Å². The first-order valence-electron chi connectivity index (χ1n) is 13.2. The maximum Gasteiger partial charge on any atom is 0.415 e. The molecule has 1 aliphatic rings. The monoisotopic (exact) mass is 544 g/mol. The number of ketones is 1. The minimum atomic E-state index is -2.83. The number of carbonyl (C=O) groups excluding carboxylic acids is 3. The number of para-hydroxylation sites is 1. The van der Waals surface area contributed by atoms with Crippen LogP contribution in [0.15, 0.2) is 91.0 Å². The highest BCUT2D eigenvalue weighted by molar-refractivity contribution is 6.99. The van der Waals surface area contributed by atoms with Crippen LogP contribution in [-0.2, 0) is 14.0 Å². The third kappa shape index (κ3) is 6.29. The van der Waals surface area contributed by atoms with Gasteiger partial charge in [0.25, 0.3) is 8.32 Å².